The van der Waals surface area contributed by atoms with Gasteiger partial charge in [0.05, 0.1) is 24.0 Å². The first-order chi connectivity index (χ1) is 23.5. The van der Waals surface area contributed by atoms with E-state index in [4.69, 9.17) is 9.47 Å². The second-order valence-corrected chi connectivity index (χ2v) is 14.9. The summed E-state index contributed by atoms with van der Waals surface area (Å²) in [5.74, 6) is -3.03. The van der Waals surface area contributed by atoms with Crippen LogP contribution < -0.4 is 0 Å². The Labute approximate surface area is 300 Å². The molecule has 1 aromatic carbocycles. The second-order valence-electron chi connectivity index (χ2n) is 13.7. The summed E-state index contributed by atoms with van der Waals surface area (Å²) in [6.07, 6.45) is 6.67. The van der Waals surface area contributed by atoms with E-state index in [2.05, 4.69) is 36.0 Å². The third-order valence-electron chi connectivity index (χ3n) is 10.6. The van der Waals surface area contributed by atoms with Crippen LogP contribution in [0.5, 0.6) is 0 Å². The van der Waals surface area contributed by atoms with Crippen LogP contribution in [0, 0.1) is 11.8 Å². The highest BCUT2D eigenvalue weighted by atomic mass is 79.9. The minimum atomic E-state index is -1.22. The van der Waals surface area contributed by atoms with Crippen molar-refractivity contribution in [3.05, 3.63) is 61.2 Å². The molecule has 0 saturated carbocycles. The van der Waals surface area contributed by atoms with Crippen LogP contribution in [0.2, 0.25) is 0 Å². The van der Waals surface area contributed by atoms with Gasteiger partial charge in [-0.05, 0) is 57.9 Å². The third-order valence-corrected chi connectivity index (χ3v) is 11.4. The number of alkyl halides is 1. The number of carbonyl (C=O) groups excluding carboxylic acids is 4. The van der Waals surface area contributed by atoms with Gasteiger partial charge in [-0.1, -0.05) is 71.8 Å². The van der Waals surface area contributed by atoms with E-state index in [-0.39, 0.29) is 41.6 Å². The highest BCUT2D eigenvalue weighted by molar-refractivity contribution is 9.09. The van der Waals surface area contributed by atoms with Gasteiger partial charge in [-0.15, -0.1) is 13.2 Å². The number of aliphatic hydroxyl groups excluding tert-OH is 1. The molecular formula is C38H54BrN3O7. The topological polar surface area (TPSA) is 117 Å². The molecule has 270 valence electrons. The molecule has 0 radical (unpaired) electrons. The number of aliphatic hydroxyl groups is 1. The first kappa shape index (κ1) is 38.8. The quantitative estimate of drug-likeness (QED) is 0.0897. The molecule has 9 atom stereocenters. The minimum Gasteiger partial charge on any atom is -0.455 e. The fraction of sp³-hybridized carbons (Fsp3) is 0.632. The van der Waals surface area contributed by atoms with Gasteiger partial charge in [0.15, 0.2) is 0 Å². The molecule has 1 aromatic rings. The van der Waals surface area contributed by atoms with Crippen molar-refractivity contribution in [1.82, 2.24) is 14.7 Å². The summed E-state index contributed by atoms with van der Waals surface area (Å²) in [5, 5.41) is 9.38. The predicted molar refractivity (Wildman–Crippen MR) is 192 cm³/mol. The third kappa shape index (κ3) is 7.84. The average Bonchev–Trinajstić information content (AvgIpc) is 3.69. The monoisotopic (exact) mass is 743 g/mol. The Morgan fingerprint density at radius 1 is 1.16 bits per heavy atom. The summed E-state index contributed by atoms with van der Waals surface area (Å²) in [7, 11) is 1.70. The number of halogens is 1. The molecule has 1 N–H and O–H groups in total. The molecule has 3 saturated heterocycles. The maximum atomic E-state index is 14.7. The predicted octanol–water partition coefficient (Wildman–Crippen LogP) is 5.20. The van der Waals surface area contributed by atoms with E-state index in [9.17, 15) is 24.3 Å². The lowest BCUT2D eigenvalue weighted by Gasteiger charge is -2.39. The number of hydrogen-bond acceptors (Lipinski definition) is 7. The Hall–Kier alpha value is -3.02. The van der Waals surface area contributed by atoms with Crippen LogP contribution in [0.4, 0.5) is 0 Å². The number of nitrogens with zero attached hydrogens (tertiary/aromatic N) is 3. The Balaban J connectivity index is 1.71. The molecular weight excluding hydrogens is 690 g/mol. The molecule has 3 amide bonds. The van der Waals surface area contributed by atoms with Gasteiger partial charge in [0.1, 0.15) is 17.7 Å². The molecule has 2 unspecified atom stereocenters. The van der Waals surface area contributed by atoms with E-state index in [0.717, 1.165) is 18.4 Å². The van der Waals surface area contributed by atoms with Crippen molar-refractivity contribution in [3.63, 3.8) is 0 Å². The summed E-state index contributed by atoms with van der Waals surface area (Å²) >= 11 is 3.76. The van der Waals surface area contributed by atoms with E-state index in [1.54, 1.807) is 33.9 Å². The molecule has 1 spiro atoms. The number of likely N-dealkylation sites (tertiary alicyclic amines) is 1. The number of allylic oxidation sites excluding steroid dienone is 1. The van der Waals surface area contributed by atoms with Crippen LogP contribution in [0.1, 0.15) is 83.8 Å². The van der Waals surface area contributed by atoms with E-state index in [1.165, 1.54) is 0 Å². The molecule has 49 heavy (non-hydrogen) atoms. The summed E-state index contributed by atoms with van der Waals surface area (Å²) in [4.78, 5) is 61.4. The highest BCUT2D eigenvalue weighted by Crippen LogP contribution is 2.60. The van der Waals surface area contributed by atoms with Crippen molar-refractivity contribution in [2.45, 2.75) is 113 Å². The minimum absolute atomic E-state index is 0.0462. The van der Waals surface area contributed by atoms with Crippen molar-refractivity contribution in [2.75, 3.05) is 26.7 Å². The Morgan fingerprint density at radius 2 is 1.88 bits per heavy atom. The molecule has 4 rings (SSSR count). The zero-order valence-corrected chi connectivity index (χ0v) is 31.1. The number of fused-ring (bicyclic) bond motifs is 1. The summed E-state index contributed by atoms with van der Waals surface area (Å²) in [6.45, 7) is 14.2. The van der Waals surface area contributed by atoms with Gasteiger partial charge in [-0.2, -0.15) is 0 Å². The summed E-state index contributed by atoms with van der Waals surface area (Å²) in [6, 6.07) is 7.78. The lowest BCUT2D eigenvalue weighted by Crippen LogP contribution is -2.58. The molecule has 3 heterocycles. The molecule has 11 heteroatoms. The van der Waals surface area contributed by atoms with Gasteiger partial charge >= 0.3 is 5.97 Å². The van der Waals surface area contributed by atoms with Crippen LogP contribution >= 0.6 is 15.9 Å². The number of hydrogen-bond donors (Lipinski definition) is 1. The number of benzene rings is 1. The molecule has 0 aliphatic carbocycles. The zero-order chi connectivity index (χ0) is 35.9. The second kappa shape index (κ2) is 17.3. The SMILES string of the molecule is C=CCCC(=O)N(C)[C@H](C)[C@H](OC(=O)[C@@H]1[C@H]2O[C@@]3(CC2Br)[C@H](C(=O)N(CC=C)C(C)CCC)N(CCCCCO)C(=O)[C@@H]13)c1ccccc1. The normalized spacial score (nSPS) is 27.3. The lowest BCUT2D eigenvalue weighted by molar-refractivity contribution is -0.164. The number of esters is 1. The highest BCUT2D eigenvalue weighted by Gasteiger charge is 2.77. The Morgan fingerprint density at radius 3 is 2.51 bits per heavy atom. The van der Waals surface area contributed by atoms with E-state index in [1.807, 2.05) is 44.2 Å². The molecule has 0 aromatic heterocycles. The van der Waals surface area contributed by atoms with Gasteiger partial charge in [0.2, 0.25) is 17.7 Å². The summed E-state index contributed by atoms with van der Waals surface area (Å²) < 4.78 is 13.1. The number of rotatable bonds is 19. The van der Waals surface area contributed by atoms with Crippen molar-refractivity contribution in [3.8, 4) is 0 Å². The molecule has 3 aliphatic rings. The number of carbonyl (C=O) groups is 4. The number of unbranched alkanes of at least 4 members (excludes halogenated alkanes) is 2. The van der Waals surface area contributed by atoms with Gasteiger partial charge < -0.3 is 29.3 Å². The van der Waals surface area contributed by atoms with Gasteiger partial charge in [-0.25, -0.2) is 0 Å². The van der Waals surface area contributed by atoms with Gasteiger partial charge in [-0.3, -0.25) is 19.2 Å². The smallest absolute Gasteiger partial charge is 0.313 e. The molecule has 2 bridgehead atoms. The van der Waals surface area contributed by atoms with Gasteiger partial charge in [0, 0.05) is 44.0 Å². The maximum absolute atomic E-state index is 14.7. The fourth-order valence-corrected chi connectivity index (χ4v) is 8.91. The van der Waals surface area contributed by atoms with E-state index < -0.39 is 47.7 Å². The number of ether oxygens (including phenoxy) is 2. The maximum Gasteiger partial charge on any atom is 0.313 e. The standard InChI is InChI=1S/C38H54BrN3O7/c1-7-10-20-29(44)40(6)26(5)32(27-18-13-11-14-19-27)48-37(47)30-31-35(45)42(22-15-12-16-23-43)34(38(31)24-28(39)33(30)49-38)36(46)41(21-9-3)25(4)17-8-2/h7,9,11,13-14,18-19,25-26,28,30-34,43H,1,3,8,10,12,15-17,20-24H2,2,4-6H3/t25?,26-,28?,30+,31-,32+,33+,34+,38-/m1/s1. The van der Waals surface area contributed by atoms with Crippen molar-refractivity contribution >= 4 is 39.6 Å². The van der Waals surface area contributed by atoms with Crippen LogP contribution in [0.15, 0.2) is 55.6 Å². The lowest BCUT2D eigenvalue weighted by atomic mass is 9.70. The van der Waals surface area contributed by atoms with Crippen molar-refractivity contribution in [2.24, 2.45) is 11.8 Å². The number of amides is 3. The molecule has 10 nitrogen and oxygen atoms in total. The first-order valence-electron chi connectivity index (χ1n) is 17.8. The van der Waals surface area contributed by atoms with Crippen LogP contribution in [-0.4, -0.2) is 105 Å². The first-order valence-corrected chi connectivity index (χ1v) is 18.7. The van der Waals surface area contributed by atoms with Gasteiger partial charge in [0.25, 0.3) is 0 Å². The molecule has 3 fully saturated rings. The summed E-state index contributed by atoms with van der Waals surface area (Å²) in [5.41, 5.74) is -0.494. The van der Waals surface area contributed by atoms with Crippen molar-refractivity contribution < 1.29 is 33.8 Å². The van der Waals surface area contributed by atoms with E-state index >= 15 is 0 Å². The Kier molecular flexibility index (Phi) is 13.7. The average molecular weight is 745 g/mol. The Bertz CT molecular complexity index is 1340. The van der Waals surface area contributed by atoms with Crippen LogP contribution in [-0.2, 0) is 28.7 Å². The van der Waals surface area contributed by atoms with Crippen molar-refractivity contribution in [1.29, 1.82) is 0 Å². The van der Waals surface area contributed by atoms with Crippen LogP contribution in [0.3, 0.4) is 0 Å². The number of likely N-dealkylation sites (N-methyl/N-ethyl adjacent to an activating group) is 1. The van der Waals surface area contributed by atoms with Crippen LogP contribution in [0.25, 0.3) is 0 Å². The molecule has 3 aliphatic heterocycles. The zero-order valence-electron chi connectivity index (χ0n) is 29.5. The fourth-order valence-electron chi connectivity index (χ4n) is 7.97. The largest absolute Gasteiger partial charge is 0.455 e. The van der Waals surface area contributed by atoms with E-state index in [0.29, 0.717) is 45.2 Å².